The maximum atomic E-state index is 12.9. The highest BCUT2D eigenvalue weighted by Crippen LogP contribution is 2.31. The van der Waals surface area contributed by atoms with Gasteiger partial charge in [0.25, 0.3) is 0 Å². The smallest absolute Gasteiger partial charge is 0.313 e. The van der Waals surface area contributed by atoms with Gasteiger partial charge in [-0.15, -0.1) is 23.1 Å². The fourth-order valence-electron chi connectivity index (χ4n) is 2.32. The van der Waals surface area contributed by atoms with E-state index in [1.807, 2.05) is 25.1 Å². The minimum Gasteiger partial charge on any atom is -0.481 e. The standard InChI is InChI=1S/C19H21NO4S2/c1-3-12-5-7-13(8-6-12)18(24)15-9-14(4-2)26-19(15)20-16(21)10-25-11-17(22)23/h5-9H,3-4,10-11H2,1-2H3,(H,20,21)(H,22,23). The van der Waals surface area contributed by atoms with Crippen molar-refractivity contribution in [3.8, 4) is 0 Å². The molecule has 0 saturated carbocycles. The normalized spacial score (nSPS) is 10.5. The van der Waals surface area contributed by atoms with Crippen LogP contribution in [0.4, 0.5) is 5.00 Å². The first-order valence-electron chi connectivity index (χ1n) is 8.30. The lowest BCUT2D eigenvalue weighted by Gasteiger charge is -2.06. The van der Waals surface area contributed by atoms with Crippen LogP contribution in [0.1, 0.15) is 40.2 Å². The van der Waals surface area contributed by atoms with Crippen molar-refractivity contribution < 1.29 is 19.5 Å². The van der Waals surface area contributed by atoms with Crippen LogP contribution in [0.5, 0.6) is 0 Å². The van der Waals surface area contributed by atoms with Crippen molar-refractivity contribution >= 4 is 45.8 Å². The van der Waals surface area contributed by atoms with Gasteiger partial charge >= 0.3 is 5.97 Å². The maximum Gasteiger partial charge on any atom is 0.313 e. The molecule has 138 valence electrons. The maximum absolute atomic E-state index is 12.9. The Morgan fingerprint density at radius 3 is 2.35 bits per heavy atom. The molecule has 1 aromatic heterocycles. The summed E-state index contributed by atoms with van der Waals surface area (Å²) in [5.41, 5.74) is 2.22. The molecule has 0 bridgehead atoms. The molecule has 0 aliphatic carbocycles. The summed E-state index contributed by atoms with van der Waals surface area (Å²) >= 11 is 2.40. The molecular weight excluding hydrogens is 370 g/mol. The van der Waals surface area contributed by atoms with Crippen molar-refractivity contribution in [2.75, 3.05) is 16.8 Å². The van der Waals surface area contributed by atoms with Crippen LogP contribution in [-0.4, -0.2) is 34.3 Å². The molecule has 2 N–H and O–H groups in total. The van der Waals surface area contributed by atoms with Crippen LogP contribution >= 0.6 is 23.1 Å². The van der Waals surface area contributed by atoms with Crippen LogP contribution in [0, 0.1) is 0 Å². The second kappa shape index (κ2) is 9.54. The molecule has 0 aliphatic rings. The van der Waals surface area contributed by atoms with E-state index in [0.29, 0.717) is 16.1 Å². The number of hydrogen-bond acceptors (Lipinski definition) is 5. The minimum atomic E-state index is -0.960. The number of benzene rings is 1. The van der Waals surface area contributed by atoms with Gasteiger partial charge in [0.15, 0.2) is 5.78 Å². The van der Waals surface area contributed by atoms with Crippen molar-refractivity contribution in [3.63, 3.8) is 0 Å². The molecule has 1 heterocycles. The number of thiophene rings is 1. The van der Waals surface area contributed by atoms with Crippen LogP contribution in [0.25, 0.3) is 0 Å². The van der Waals surface area contributed by atoms with E-state index >= 15 is 0 Å². The fourth-order valence-corrected chi connectivity index (χ4v) is 3.86. The Hall–Kier alpha value is -2.12. The van der Waals surface area contributed by atoms with Gasteiger partial charge in [0.1, 0.15) is 5.00 Å². The van der Waals surface area contributed by atoms with E-state index in [1.54, 1.807) is 12.1 Å². The summed E-state index contributed by atoms with van der Waals surface area (Å²) in [5.74, 6) is -1.50. The summed E-state index contributed by atoms with van der Waals surface area (Å²) in [4.78, 5) is 36.4. The molecule has 2 aromatic rings. The summed E-state index contributed by atoms with van der Waals surface area (Å²) in [6.45, 7) is 4.05. The molecule has 0 radical (unpaired) electrons. The number of nitrogens with one attached hydrogen (secondary N) is 1. The predicted octanol–water partition coefficient (Wildman–Crippen LogP) is 3.86. The van der Waals surface area contributed by atoms with Crippen LogP contribution in [0.15, 0.2) is 30.3 Å². The highest BCUT2D eigenvalue weighted by molar-refractivity contribution is 8.00. The molecule has 5 nitrogen and oxygen atoms in total. The predicted molar refractivity (Wildman–Crippen MR) is 107 cm³/mol. The van der Waals surface area contributed by atoms with Gasteiger partial charge in [-0.25, -0.2) is 0 Å². The van der Waals surface area contributed by atoms with Crippen LogP contribution in [-0.2, 0) is 22.4 Å². The number of carboxylic acid groups (broad SMARTS) is 1. The van der Waals surface area contributed by atoms with Crippen LogP contribution in [0.3, 0.4) is 0 Å². The zero-order valence-corrected chi connectivity index (χ0v) is 16.3. The number of aliphatic carboxylic acids is 1. The van der Waals surface area contributed by atoms with Crippen molar-refractivity contribution in [1.29, 1.82) is 0 Å². The lowest BCUT2D eigenvalue weighted by atomic mass is 10.0. The van der Waals surface area contributed by atoms with Crippen LogP contribution in [0.2, 0.25) is 0 Å². The number of carbonyl (C=O) groups excluding carboxylic acids is 2. The van der Waals surface area contributed by atoms with Gasteiger partial charge in [-0.3, -0.25) is 14.4 Å². The van der Waals surface area contributed by atoms with E-state index in [4.69, 9.17) is 5.11 Å². The van der Waals surface area contributed by atoms with Crippen molar-refractivity contribution in [2.24, 2.45) is 0 Å². The molecule has 2 rings (SSSR count). The molecule has 1 amide bonds. The number of carboxylic acids is 1. The second-order valence-corrected chi connectivity index (χ2v) is 7.75. The Morgan fingerprint density at radius 2 is 1.77 bits per heavy atom. The molecule has 0 atom stereocenters. The van der Waals surface area contributed by atoms with Gasteiger partial charge in [-0.05, 0) is 24.5 Å². The SMILES string of the molecule is CCc1ccc(C(=O)c2cc(CC)sc2NC(=O)CSCC(=O)O)cc1. The monoisotopic (exact) mass is 391 g/mol. The lowest BCUT2D eigenvalue weighted by Crippen LogP contribution is -2.16. The first-order chi connectivity index (χ1) is 12.4. The Morgan fingerprint density at radius 1 is 1.08 bits per heavy atom. The summed E-state index contributed by atoms with van der Waals surface area (Å²) in [6.07, 6.45) is 1.67. The highest BCUT2D eigenvalue weighted by atomic mass is 32.2. The number of rotatable bonds is 9. The van der Waals surface area contributed by atoms with Crippen molar-refractivity contribution in [3.05, 3.63) is 51.9 Å². The molecule has 26 heavy (non-hydrogen) atoms. The van der Waals surface area contributed by atoms with E-state index in [-0.39, 0.29) is 23.2 Å². The zero-order chi connectivity index (χ0) is 19.1. The molecule has 0 spiro atoms. The first kappa shape index (κ1) is 20.2. The minimum absolute atomic E-state index is 0.0322. The highest BCUT2D eigenvalue weighted by Gasteiger charge is 2.19. The van der Waals surface area contributed by atoms with E-state index in [2.05, 4.69) is 12.2 Å². The third-order valence-corrected chi connectivity index (χ3v) is 5.82. The zero-order valence-electron chi connectivity index (χ0n) is 14.7. The molecule has 1 aromatic carbocycles. The Labute approximate surface area is 160 Å². The first-order valence-corrected chi connectivity index (χ1v) is 10.3. The van der Waals surface area contributed by atoms with E-state index in [9.17, 15) is 14.4 Å². The molecule has 0 saturated heterocycles. The number of hydrogen-bond donors (Lipinski definition) is 2. The summed E-state index contributed by atoms with van der Waals surface area (Å²) in [5, 5.41) is 11.9. The van der Waals surface area contributed by atoms with E-state index < -0.39 is 5.97 Å². The topological polar surface area (TPSA) is 83.5 Å². The molecular formula is C19H21NO4S2. The van der Waals surface area contributed by atoms with Gasteiger partial charge in [0.05, 0.1) is 17.1 Å². The van der Waals surface area contributed by atoms with Crippen molar-refractivity contribution in [2.45, 2.75) is 26.7 Å². The van der Waals surface area contributed by atoms with Crippen LogP contribution < -0.4 is 5.32 Å². The van der Waals surface area contributed by atoms with E-state index in [1.165, 1.54) is 11.3 Å². The van der Waals surface area contributed by atoms with Gasteiger partial charge in [0.2, 0.25) is 5.91 Å². The number of amides is 1. The summed E-state index contributed by atoms with van der Waals surface area (Å²) < 4.78 is 0. The molecule has 0 fully saturated rings. The summed E-state index contributed by atoms with van der Waals surface area (Å²) in [7, 11) is 0. The quantitative estimate of drug-likeness (QED) is 0.634. The third kappa shape index (κ3) is 5.44. The van der Waals surface area contributed by atoms with Gasteiger partial charge in [-0.1, -0.05) is 38.1 Å². The fraction of sp³-hybridized carbons (Fsp3) is 0.316. The average Bonchev–Trinajstić information content (AvgIpc) is 3.03. The summed E-state index contributed by atoms with van der Waals surface area (Å²) in [6, 6.07) is 9.29. The third-order valence-electron chi connectivity index (χ3n) is 3.71. The Bertz CT molecular complexity index is 796. The molecule has 0 unspecified atom stereocenters. The van der Waals surface area contributed by atoms with Gasteiger partial charge in [0, 0.05) is 10.4 Å². The average molecular weight is 392 g/mol. The largest absolute Gasteiger partial charge is 0.481 e. The molecule has 7 heteroatoms. The van der Waals surface area contributed by atoms with Gasteiger partial charge in [-0.2, -0.15) is 0 Å². The molecule has 0 aliphatic heterocycles. The number of anilines is 1. The van der Waals surface area contributed by atoms with Gasteiger partial charge < -0.3 is 10.4 Å². The van der Waals surface area contributed by atoms with Crippen molar-refractivity contribution in [1.82, 2.24) is 0 Å². The number of ketones is 1. The number of carbonyl (C=O) groups is 3. The van der Waals surface area contributed by atoms with E-state index in [0.717, 1.165) is 35.0 Å². The Balaban J connectivity index is 2.17. The number of thioether (sulfide) groups is 1. The number of aryl methyl sites for hydroxylation is 2. The lowest BCUT2D eigenvalue weighted by molar-refractivity contribution is -0.133. The second-order valence-electron chi connectivity index (χ2n) is 5.62. The Kier molecular flexibility index (Phi) is 7.41.